The Kier molecular flexibility index (Phi) is 9.48. The minimum Gasteiger partial charge on any atom is -0.392 e. The molecule has 2 N–H and O–H groups in total. The molecule has 4 nitrogen and oxygen atoms in total. The Morgan fingerprint density at radius 3 is 2.52 bits per heavy atom. The number of hydrogen-bond donors (Lipinski definition) is 2. The third-order valence-corrected chi connectivity index (χ3v) is 4.21. The summed E-state index contributed by atoms with van der Waals surface area (Å²) in [7, 11) is 1.66. The molecule has 0 heterocycles. The van der Waals surface area contributed by atoms with Crippen molar-refractivity contribution in [2.24, 2.45) is 4.99 Å². The van der Waals surface area contributed by atoms with Crippen LogP contribution in [0.15, 0.2) is 65.5 Å². The lowest BCUT2D eigenvalue weighted by molar-refractivity contribution is 0.202. The van der Waals surface area contributed by atoms with Gasteiger partial charge in [-0.2, -0.15) is 0 Å². The minimum atomic E-state index is 0.0276. The number of aliphatic imine (C=N–C) groups is 1. The van der Waals surface area contributed by atoms with Gasteiger partial charge in [-0.3, -0.25) is 0 Å². The number of nitrogens with zero attached hydrogens (tertiary/aromatic N) is 1. The van der Waals surface area contributed by atoms with Crippen LogP contribution in [0.25, 0.3) is 5.57 Å². The molecule has 0 radical (unpaired) electrons. The quantitative estimate of drug-likeness (QED) is 0.362. The highest BCUT2D eigenvalue weighted by molar-refractivity contribution is 6.02. The van der Waals surface area contributed by atoms with Crippen LogP contribution in [-0.4, -0.2) is 31.1 Å². The standard InChI is InChI=1S/C23H32N2O2/c1-16(2)23(19(5)25-20(6)24-12-13-27-7)11-9-17(3)21-10-8-18(4)22(14-21)15-26/h8-11,14,24,26H,3,6,12-13,15H2,1-2,4-5,7H3/b11-9-,25-19?. The molecule has 1 aromatic carbocycles. The van der Waals surface area contributed by atoms with Crippen LogP contribution in [0.3, 0.4) is 0 Å². The number of aryl methyl sites for hydroxylation is 1. The minimum absolute atomic E-state index is 0.0276. The second-order valence-electron chi connectivity index (χ2n) is 6.64. The molecule has 146 valence electrons. The van der Waals surface area contributed by atoms with Crippen LogP contribution >= 0.6 is 0 Å². The van der Waals surface area contributed by atoms with Gasteiger partial charge in [0.15, 0.2) is 0 Å². The number of hydrogen-bond acceptors (Lipinski definition) is 4. The first kappa shape index (κ1) is 22.6. The van der Waals surface area contributed by atoms with Crippen molar-refractivity contribution in [3.63, 3.8) is 0 Å². The summed E-state index contributed by atoms with van der Waals surface area (Å²) >= 11 is 0. The van der Waals surface area contributed by atoms with Crippen LogP contribution in [0.1, 0.15) is 37.5 Å². The monoisotopic (exact) mass is 368 g/mol. The molecule has 0 unspecified atom stereocenters. The number of rotatable bonds is 10. The number of allylic oxidation sites excluding steroid dienone is 5. The molecule has 0 fully saturated rings. The van der Waals surface area contributed by atoms with Crippen molar-refractivity contribution >= 4 is 11.3 Å². The van der Waals surface area contributed by atoms with Crippen molar-refractivity contribution in [2.75, 3.05) is 20.3 Å². The Bertz CT molecular complexity index is 767. The zero-order valence-corrected chi connectivity index (χ0v) is 17.2. The summed E-state index contributed by atoms with van der Waals surface area (Å²) in [6.07, 6.45) is 4.01. The van der Waals surface area contributed by atoms with Crippen molar-refractivity contribution in [3.8, 4) is 0 Å². The van der Waals surface area contributed by atoms with Crippen LogP contribution in [0.2, 0.25) is 0 Å². The van der Waals surface area contributed by atoms with E-state index < -0.39 is 0 Å². The number of benzene rings is 1. The fraction of sp³-hybridized carbons (Fsp3) is 0.348. The zero-order chi connectivity index (χ0) is 20.4. The summed E-state index contributed by atoms with van der Waals surface area (Å²) in [4.78, 5) is 4.54. The first-order chi connectivity index (χ1) is 12.8. The lowest BCUT2D eigenvalue weighted by Gasteiger charge is -2.10. The van der Waals surface area contributed by atoms with Gasteiger partial charge in [-0.15, -0.1) is 0 Å². The van der Waals surface area contributed by atoms with Crippen LogP contribution in [0.5, 0.6) is 0 Å². The highest BCUT2D eigenvalue weighted by atomic mass is 16.5. The van der Waals surface area contributed by atoms with E-state index in [1.165, 1.54) is 0 Å². The van der Waals surface area contributed by atoms with Crippen molar-refractivity contribution in [2.45, 2.75) is 34.3 Å². The molecule has 0 saturated carbocycles. The zero-order valence-electron chi connectivity index (χ0n) is 17.2. The second kappa shape index (κ2) is 11.3. The highest BCUT2D eigenvalue weighted by Crippen LogP contribution is 2.20. The molecule has 0 aliphatic heterocycles. The number of nitrogens with one attached hydrogen (secondary N) is 1. The lowest BCUT2D eigenvalue weighted by atomic mass is 9.99. The predicted molar refractivity (Wildman–Crippen MR) is 116 cm³/mol. The van der Waals surface area contributed by atoms with Gasteiger partial charge in [0.05, 0.1) is 13.2 Å². The molecule has 0 saturated heterocycles. The topological polar surface area (TPSA) is 53.9 Å². The molecule has 0 spiro atoms. The van der Waals surface area contributed by atoms with Gasteiger partial charge in [-0.1, -0.05) is 43.0 Å². The Balaban J connectivity index is 2.95. The van der Waals surface area contributed by atoms with E-state index in [0.717, 1.165) is 39.1 Å². The Labute approximate surface area is 163 Å². The molecule has 1 rings (SSSR count). The van der Waals surface area contributed by atoms with E-state index in [0.29, 0.717) is 19.0 Å². The van der Waals surface area contributed by atoms with Crippen LogP contribution < -0.4 is 5.32 Å². The molecule has 0 amide bonds. The van der Waals surface area contributed by atoms with Gasteiger partial charge < -0.3 is 15.2 Å². The average Bonchev–Trinajstić information content (AvgIpc) is 2.61. The number of aliphatic hydroxyl groups excluding tert-OH is 1. The summed E-state index contributed by atoms with van der Waals surface area (Å²) < 4.78 is 5.02. The fourth-order valence-electron chi connectivity index (χ4n) is 2.57. The molecule has 0 aromatic heterocycles. The number of methoxy groups -OCH3 is 1. The van der Waals surface area contributed by atoms with E-state index in [9.17, 15) is 5.11 Å². The lowest BCUT2D eigenvalue weighted by Crippen LogP contribution is -2.17. The van der Waals surface area contributed by atoms with Gasteiger partial charge in [-0.05, 0) is 61.6 Å². The fourth-order valence-corrected chi connectivity index (χ4v) is 2.57. The Hall–Kier alpha value is -2.43. The first-order valence-electron chi connectivity index (χ1n) is 9.02. The molecule has 0 bridgehead atoms. The van der Waals surface area contributed by atoms with E-state index in [4.69, 9.17) is 4.74 Å². The maximum Gasteiger partial charge on any atom is 0.119 e. The number of aliphatic hydroxyl groups is 1. The average molecular weight is 369 g/mol. The van der Waals surface area contributed by atoms with Crippen molar-refractivity contribution in [3.05, 3.63) is 77.2 Å². The van der Waals surface area contributed by atoms with Gasteiger partial charge in [0.1, 0.15) is 5.82 Å². The van der Waals surface area contributed by atoms with Gasteiger partial charge in [0.25, 0.3) is 0 Å². The maximum atomic E-state index is 9.46. The van der Waals surface area contributed by atoms with Crippen LogP contribution in [0, 0.1) is 6.92 Å². The molecule has 4 heteroatoms. The van der Waals surface area contributed by atoms with Crippen LogP contribution in [-0.2, 0) is 11.3 Å². The highest BCUT2D eigenvalue weighted by Gasteiger charge is 2.04. The summed E-state index contributed by atoms with van der Waals surface area (Å²) in [5.74, 6) is 0.613. The van der Waals surface area contributed by atoms with E-state index in [1.54, 1.807) is 7.11 Å². The van der Waals surface area contributed by atoms with E-state index in [1.807, 2.05) is 44.2 Å². The molecular weight excluding hydrogens is 336 g/mol. The smallest absolute Gasteiger partial charge is 0.119 e. The number of ether oxygens (including phenoxy) is 1. The third kappa shape index (κ3) is 7.37. The van der Waals surface area contributed by atoms with Crippen LogP contribution in [0.4, 0.5) is 0 Å². The summed E-state index contributed by atoms with van der Waals surface area (Å²) in [5.41, 5.74) is 6.95. The van der Waals surface area contributed by atoms with E-state index in [-0.39, 0.29) is 6.61 Å². The molecule has 1 aromatic rings. The van der Waals surface area contributed by atoms with E-state index in [2.05, 4.69) is 37.3 Å². The molecule has 27 heavy (non-hydrogen) atoms. The molecule has 0 atom stereocenters. The normalized spacial score (nSPS) is 11.6. The predicted octanol–water partition coefficient (Wildman–Crippen LogP) is 4.56. The SMILES string of the molecule is C=C(N=C(C)C(/C=C\C(=C)c1ccc(C)c(CO)c1)=C(C)C)NCCOC. The molecular formula is C23H32N2O2. The van der Waals surface area contributed by atoms with Gasteiger partial charge in [0, 0.05) is 19.4 Å². The summed E-state index contributed by atoms with van der Waals surface area (Å²) in [6.45, 7) is 17.5. The van der Waals surface area contributed by atoms with Gasteiger partial charge >= 0.3 is 0 Å². The van der Waals surface area contributed by atoms with Crippen molar-refractivity contribution < 1.29 is 9.84 Å². The largest absolute Gasteiger partial charge is 0.392 e. The maximum absolute atomic E-state index is 9.46. The summed E-state index contributed by atoms with van der Waals surface area (Å²) in [6, 6.07) is 6.00. The first-order valence-corrected chi connectivity index (χ1v) is 9.02. The second-order valence-corrected chi connectivity index (χ2v) is 6.64. The van der Waals surface area contributed by atoms with Crippen molar-refractivity contribution in [1.82, 2.24) is 5.32 Å². The van der Waals surface area contributed by atoms with Gasteiger partial charge in [0.2, 0.25) is 0 Å². The van der Waals surface area contributed by atoms with E-state index >= 15 is 0 Å². The van der Waals surface area contributed by atoms with Crippen molar-refractivity contribution in [1.29, 1.82) is 0 Å². The summed E-state index contributed by atoms with van der Waals surface area (Å²) in [5, 5.41) is 12.6. The van der Waals surface area contributed by atoms with Gasteiger partial charge in [-0.25, -0.2) is 4.99 Å². The Morgan fingerprint density at radius 2 is 1.93 bits per heavy atom. The third-order valence-electron chi connectivity index (χ3n) is 4.21. The Morgan fingerprint density at radius 1 is 1.22 bits per heavy atom. The molecule has 0 aliphatic carbocycles. The molecule has 0 aliphatic rings.